The van der Waals surface area contributed by atoms with Crippen molar-refractivity contribution >= 4 is 35.1 Å². The Morgan fingerprint density at radius 2 is 2.19 bits per heavy atom. The van der Waals surface area contributed by atoms with E-state index in [1.165, 1.54) is 17.8 Å². The molecule has 4 rings (SSSR count). The third-order valence-electron chi connectivity index (χ3n) is 4.12. The number of nitrogens with zero attached hydrogens (tertiary/aromatic N) is 3. The van der Waals surface area contributed by atoms with Crippen molar-refractivity contribution < 1.29 is 9.18 Å². The number of thioether (sulfide) groups is 1. The number of rotatable bonds is 2. The van der Waals surface area contributed by atoms with Gasteiger partial charge in [0.2, 0.25) is 5.91 Å². The smallest absolute Gasteiger partial charge is 0.235 e. The summed E-state index contributed by atoms with van der Waals surface area (Å²) in [6, 6.07) is 10.0. The predicted molar refractivity (Wildman–Crippen MR) is 100 cm³/mol. The average Bonchev–Trinajstić information content (AvgIpc) is 2.83. The first kappa shape index (κ1) is 17.1. The lowest BCUT2D eigenvalue weighted by Gasteiger charge is -2.16. The highest BCUT2D eigenvalue weighted by atomic mass is 35.5. The number of hydrogen-bond donors (Lipinski definition) is 1. The van der Waals surface area contributed by atoms with Gasteiger partial charge in [0.15, 0.2) is 5.82 Å². The van der Waals surface area contributed by atoms with Gasteiger partial charge >= 0.3 is 0 Å². The van der Waals surface area contributed by atoms with E-state index in [4.69, 9.17) is 11.6 Å². The van der Waals surface area contributed by atoms with Crippen LogP contribution in [0.3, 0.4) is 0 Å². The van der Waals surface area contributed by atoms with Gasteiger partial charge in [0.05, 0.1) is 16.7 Å². The summed E-state index contributed by atoms with van der Waals surface area (Å²) in [7, 11) is 0. The third-order valence-corrected chi connectivity index (χ3v) is 5.61. The maximum absolute atomic E-state index is 14.6. The zero-order valence-electron chi connectivity index (χ0n) is 13.7. The Kier molecular flexibility index (Phi) is 4.42. The summed E-state index contributed by atoms with van der Waals surface area (Å²) in [5, 5.41) is 7.39. The van der Waals surface area contributed by atoms with E-state index in [1.807, 2.05) is 13.0 Å². The highest BCUT2D eigenvalue weighted by Crippen LogP contribution is 2.44. The summed E-state index contributed by atoms with van der Waals surface area (Å²) >= 11 is 7.25. The second-order valence-corrected chi connectivity index (χ2v) is 7.38. The molecule has 0 saturated carbocycles. The molecule has 0 aliphatic carbocycles. The van der Waals surface area contributed by atoms with E-state index in [0.29, 0.717) is 27.9 Å². The Morgan fingerprint density at radius 3 is 2.92 bits per heavy atom. The third kappa shape index (κ3) is 2.97. The molecule has 1 atom stereocenters. The van der Waals surface area contributed by atoms with Gasteiger partial charge in [-0.1, -0.05) is 23.7 Å². The topological polar surface area (TPSA) is 59.8 Å². The number of pyridine rings is 1. The lowest BCUT2D eigenvalue weighted by molar-refractivity contribution is -0.113. The summed E-state index contributed by atoms with van der Waals surface area (Å²) in [6.45, 7) is 1.84. The van der Waals surface area contributed by atoms with Crippen molar-refractivity contribution in [1.29, 1.82) is 0 Å². The minimum absolute atomic E-state index is 0.162. The van der Waals surface area contributed by atoms with Crippen molar-refractivity contribution in [3.8, 4) is 5.82 Å². The number of nitrogens with one attached hydrogen (secondary N) is 1. The Labute approximate surface area is 158 Å². The second kappa shape index (κ2) is 6.74. The van der Waals surface area contributed by atoms with Crippen LogP contribution in [0, 0.1) is 12.7 Å². The number of aromatic nitrogens is 3. The van der Waals surface area contributed by atoms with Crippen LogP contribution in [0.4, 0.5) is 10.2 Å². The molecule has 26 heavy (non-hydrogen) atoms. The van der Waals surface area contributed by atoms with Crippen LogP contribution in [0.2, 0.25) is 5.02 Å². The molecule has 1 aliphatic rings. The maximum atomic E-state index is 14.6. The monoisotopic (exact) mass is 388 g/mol. The van der Waals surface area contributed by atoms with Gasteiger partial charge in [0, 0.05) is 22.3 Å². The summed E-state index contributed by atoms with van der Waals surface area (Å²) in [5.41, 5.74) is 1.95. The minimum Gasteiger partial charge on any atom is -0.310 e. The van der Waals surface area contributed by atoms with Crippen molar-refractivity contribution in [3.05, 3.63) is 70.3 Å². The van der Waals surface area contributed by atoms with Gasteiger partial charge in [0.25, 0.3) is 0 Å². The van der Waals surface area contributed by atoms with Crippen LogP contribution in [0.1, 0.15) is 22.1 Å². The Morgan fingerprint density at radius 1 is 1.35 bits per heavy atom. The SMILES string of the molecule is Cc1nn(-c2ccccn2)c2c1[C@@H](c1ccc(Cl)cc1F)SCC(=O)N2. The van der Waals surface area contributed by atoms with E-state index in [-0.39, 0.29) is 16.9 Å². The molecule has 3 heterocycles. The highest BCUT2D eigenvalue weighted by molar-refractivity contribution is 8.00. The van der Waals surface area contributed by atoms with Gasteiger partial charge in [-0.2, -0.15) is 9.78 Å². The van der Waals surface area contributed by atoms with Crippen molar-refractivity contribution in [1.82, 2.24) is 14.8 Å². The van der Waals surface area contributed by atoms with Gasteiger partial charge < -0.3 is 5.32 Å². The maximum Gasteiger partial charge on any atom is 0.235 e. The first-order chi connectivity index (χ1) is 12.5. The van der Waals surface area contributed by atoms with Gasteiger partial charge in [-0.3, -0.25) is 4.79 Å². The molecule has 0 saturated heterocycles. The molecule has 3 aromatic rings. The molecule has 0 radical (unpaired) electrons. The van der Waals surface area contributed by atoms with Gasteiger partial charge in [-0.15, -0.1) is 11.8 Å². The lowest BCUT2D eigenvalue weighted by atomic mass is 10.0. The van der Waals surface area contributed by atoms with Crippen molar-refractivity contribution in [2.45, 2.75) is 12.2 Å². The van der Waals surface area contributed by atoms with Gasteiger partial charge in [0.1, 0.15) is 11.6 Å². The number of benzene rings is 1. The summed E-state index contributed by atoms with van der Waals surface area (Å²) in [6.07, 6.45) is 1.66. The molecule has 1 aromatic carbocycles. The van der Waals surface area contributed by atoms with Crippen LogP contribution in [-0.2, 0) is 4.79 Å². The van der Waals surface area contributed by atoms with E-state index in [0.717, 1.165) is 5.56 Å². The molecular formula is C18H14ClFN4OS. The molecule has 8 heteroatoms. The molecule has 132 valence electrons. The predicted octanol–water partition coefficient (Wildman–Crippen LogP) is 4.14. The normalized spacial score (nSPS) is 16.7. The van der Waals surface area contributed by atoms with Gasteiger partial charge in [-0.05, 0) is 31.2 Å². The van der Waals surface area contributed by atoms with Crippen LogP contribution in [0.5, 0.6) is 0 Å². The van der Waals surface area contributed by atoms with Crippen LogP contribution < -0.4 is 5.32 Å². The number of halogens is 2. The zero-order valence-corrected chi connectivity index (χ0v) is 15.3. The second-order valence-electron chi connectivity index (χ2n) is 5.85. The molecule has 0 unspecified atom stereocenters. The van der Waals surface area contributed by atoms with Crippen molar-refractivity contribution in [2.24, 2.45) is 0 Å². The fraction of sp³-hybridized carbons (Fsp3) is 0.167. The van der Waals surface area contributed by atoms with E-state index < -0.39 is 5.82 Å². The first-order valence-corrected chi connectivity index (χ1v) is 9.34. The molecule has 1 N–H and O–H groups in total. The highest BCUT2D eigenvalue weighted by Gasteiger charge is 2.32. The molecule has 1 amide bonds. The molecule has 0 bridgehead atoms. The van der Waals surface area contributed by atoms with Gasteiger partial charge in [-0.25, -0.2) is 9.37 Å². The Bertz CT molecular complexity index is 992. The number of carbonyl (C=O) groups excluding carboxylic acids is 1. The number of hydrogen-bond acceptors (Lipinski definition) is 4. The van der Waals surface area contributed by atoms with Crippen LogP contribution in [0.25, 0.3) is 5.82 Å². The zero-order chi connectivity index (χ0) is 18.3. The van der Waals surface area contributed by atoms with Crippen LogP contribution >= 0.6 is 23.4 Å². The fourth-order valence-corrected chi connectivity index (χ4v) is 4.36. The van der Waals surface area contributed by atoms with Crippen molar-refractivity contribution in [3.63, 3.8) is 0 Å². The molecular weight excluding hydrogens is 375 g/mol. The lowest BCUT2D eigenvalue weighted by Crippen LogP contribution is -2.16. The number of aryl methyl sites for hydroxylation is 1. The Hall–Kier alpha value is -2.38. The fourth-order valence-electron chi connectivity index (χ4n) is 2.99. The summed E-state index contributed by atoms with van der Waals surface area (Å²) in [4.78, 5) is 16.6. The standard InChI is InChI=1S/C18H14ClFN4OS/c1-10-16-17(12-6-5-11(19)8-13(12)20)26-9-15(25)22-18(16)24(23-10)14-4-2-3-7-21-14/h2-8,17H,9H2,1H3,(H,22,25)/t17-/m1/s1. The van der Waals surface area contributed by atoms with E-state index in [1.54, 1.807) is 35.1 Å². The largest absolute Gasteiger partial charge is 0.310 e. The molecule has 5 nitrogen and oxygen atoms in total. The number of carbonyl (C=O) groups is 1. The Balaban J connectivity index is 1.91. The van der Waals surface area contributed by atoms with E-state index >= 15 is 0 Å². The number of fused-ring (bicyclic) bond motifs is 1. The first-order valence-electron chi connectivity index (χ1n) is 7.92. The number of amides is 1. The number of anilines is 1. The summed E-state index contributed by atoms with van der Waals surface area (Å²) < 4.78 is 16.2. The van der Waals surface area contributed by atoms with Crippen LogP contribution in [0.15, 0.2) is 42.6 Å². The van der Waals surface area contributed by atoms with E-state index in [9.17, 15) is 9.18 Å². The average molecular weight is 389 g/mol. The molecule has 1 aliphatic heterocycles. The minimum atomic E-state index is -0.403. The molecule has 0 fully saturated rings. The molecule has 2 aromatic heterocycles. The van der Waals surface area contributed by atoms with Crippen molar-refractivity contribution in [2.75, 3.05) is 11.1 Å². The van der Waals surface area contributed by atoms with E-state index in [2.05, 4.69) is 15.4 Å². The van der Waals surface area contributed by atoms with Crippen LogP contribution in [-0.4, -0.2) is 26.4 Å². The quantitative estimate of drug-likeness (QED) is 0.716. The molecule has 0 spiro atoms. The summed E-state index contributed by atoms with van der Waals surface area (Å²) in [5.74, 6) is 0.753.